The van der Waals surface area contributed by atoms with Gasteiger partial charge >= 0.3 is 0 Å². The van der Waals surface area contributed by atoms with Gasteiger partial charge < -0.3 is 10.6 Å². The van der Waals surface area contributed by atoms with Crippen LogP contribution in [0.3, 0.4) is 0 Å². The molecule has 19 heavy (non-hydrogen) atoms. The van der Waals surface area contributed by atoms with Crippen molar-refractivity contribution in [3.8, 4) is 0 Å². The second-order valence-corrected chi connectivity index (χ2v) is 4.46. The lowest BCUT2D eigenvalue weighted by molar-refractivity contribution is 0.0987. The van der Waals surface area contributed by atoms with E-state index in [1.165, 1.54) is 0 Å². The van der Waals surface area contributed by atoms with Gasteiger partial charge in [-0.25, -0.2) is 0 Å². The number of nitrogens with zero attached hydrogens (tertiary/aromatic N) is 1. The summed E-state index contributed by atoms with van der Waals surface area (Å²) in [6.45, 7) is 4.54. The minimum Gasteiger partial charge on any atom is -0.399 e. The third kappa shape index (κ3) is 2.76. The van der Waals surface area contributed by atoms with Gasteiger partial charge in [-0.05, 0) is 49.7 Å². The summed E-state index contributed by atoms with van der Waals surface area (Å²) in [5.74, 6) is 0.0189. The van der Waals surface area contributed by atoms with Crippen LogP contribution in [0.2, 0.25) is 0 Å². The highest BCUT2D eigenvalue weighted by molar-refractivity contribution is 6.07. The molecule has 0 heterocycles. The van der Waals surface area contributed by atoms with Gasteiger partial charge in [0.25, 0.3) is 5.91 Å². The molecule has 2 aromatic carbocycles. The summed E-state index contributed by atoms with van der Waals surface area (Å²) in [4.78, 5) is 14.3. The maximum Gasteiger partial charge on any atom is 0.258 e. The molecule has 0 atom stereocenters. The number of rotatable bonds is 3. The average Bonchev–Trinajstić information content (AvgIpc) is 2.42. The van der Waals surface area contributed by atoms with Crippen LogP contribution in [0.1, 0.15) is 22.8 Å². The zero-order valence-electron chi connectivity index (χ0n) is 11.3. The molecule has 0 aliphatic rings. The van der Waals surface area contributed by atoms with Gasteiger partial charge in [-0.2, -0.15) is 0 Å². The third-order valence-electron chi connectivity index (χ3n) is 3.14. The lowest BCUT2D eigenvalue weighted by Crippen LogP contribution is -2.31. The van der Waals surface area contributed by atoms with Gasteiger partial charge in [-0.1, -0.05) is 18.2 Å². The maximum atomic E-state index is 12.6. The fraction of sp³-hybridized carbons (Fsp3) is 0.188. The van der Waals surface area contributed by atoms with Crippen molar-refractivity contribution >= 4 is 17.3 Å². The molecule has 0 aromatic heterocycles. The smallest absolute Gasteiger partial charge is 0.258 e. The van der Waals surface area contributed by atoms with Gasteiger partial charge in [0.05, 0.1) is 0 Å². The van der Waals surface area contributed by atoms with Crippen LogP contribution >= 0.6 is 0 Å². The van der Waals surface area contributed by atoms with Gasteiger partial charge in [0.2, 0.25) is 0 Å². The Kier molecular flexibility index (Phi) is 3.85. The summed E-state index contributed by atoms with van der Waals surface area (Å²) in [6, 6.07) is 15.0. The number of nitrogen functional groups attached to an aromatic ring is 1. The number of hydrogen-bond donors (Lipinski definition) is 1. The zero-order valence-corrected chi connectivity index (χ0v) is 11.3. The van der Waals surface area contributed by atoms with E-state index in [4.69, 9.17) is 5.73 Å². The summed E-state index contributed by atoms with van der Waals surface area (Å²) in [5, 5.41) is 0. The monoisotopic (exact) mass is 254 g/mol. The Morgan fingerprint density at radius 1 is 1.11 bits per heavy atom. The lowest BCUT2D eigenvalue weighted by Gasteiger charge is -2.22. The molecule has 2 N–H and O–H groups in total. The van der Waals surface area contributed by atoms with Crippen molar-refractivity contribution in [1.29, 1.82) is 0 Å². The number of carbonyl (C=O) groups is 1. The number of benzene rings is 2. The number of anilines is 2. The van der Waals surface area contributed by atoms with Crippen molar-refractivity contribution in [3.05, 3.63) is 59.7 Å². The minimum atomic E-state index is 0.0189. The number of hydrogen-bond acceptors (Lipinski definition) is 2. The Labute approximate surface area is 113 Å². The van der Waals surface area contributed by atoms with Gasteiger partial charge in [-0.15, -0.1) is 0 Å². The molecule has 2 rings (SSSR count). The predicted molar refractivity (Wildman–Crippen MR) is 79.4 cm³/mol. The normalized spacial score (nSPS) is 10.2. The molecule has 98 valence electrons. The van der Waals surface area contributed by atoms with Crippen LogP contribution in [-0.4, -0.2) is 12.5 Å². The molecule has 0 radical (unpaired) electrons. The largest absolute Gasteiger partial charge is 0.399 e. The van der Waals surface area contributed by atoms with E-state index in [1.807, 2.05) is 62.4 Å². The van der Waals surface area contributed by atoms with E-state index in [0.717, 1.165) is 16.8 Å². The van der Waals surface area contributed by atoms with Gasteiger partial charge in [0.15, 0.2) is 0 Å². The van der Waals surface area contributed by atoms with Crippen LogP contribution in [0.25, 0.3) is 0 Å². The zero-order chi connectivity index (χ0) is 13.8. The Bertz CT molecular complexity index is 576. The molecule has 3 heteroatoms. The van der Waals surface area contributed by atoms with Gasteiger partial charge in [0, 0.05) is 23.5 Å². The molecule has 0 aliphatic carbocycles. The molecule has 0 bridgehead atoms. The summed E-state index contributed by atoms with van der Waals surface area (Å²) in [7, 11) is 0. The molecule has 2 aromatic rings. The van der Waals surface area contributed by atoms with E-state index in [2.05, 4.69) is 0 Å². The molecule has 0 unspecified atom stereocenters. The molecular weight excluding hydrogens is 236 g/mol. The first kappa shape index (κ1) is 13.1. The Balaban J connectivity index is 2.35. The average molecular weight is 254 g/mol. The SMILES string of the molecule is CCN(C(=O)c1ccccc1C)c1ccc(N)cc1. The Morgan fingerprint density at radius 3 is 2.32 bits per heavy atom. The van der Waals surface area contributed by atoms with Crippen molar-refractivity contribution in [2.45, 2.75) is 13.8 Å². The minimum absolute atomic E-state index is 0.0189. The summed E-state index contributed by atoms with van der Waals surface area (Å²) in [6.07, 6.45) is 0. The fourth-order valence-corrected chi connectivity index (χ4v) is 2.06. The van der Waals surface area contributed by atoms with E-state index in [9.17, 15) is 4.79 Å². The van der Waals surface area contributed by atoms with Crippen LogP contribution in [0, 0.1) is 6.92 Å². The van der Waals surface area contributed by atoms with Crippen molar-refractivity contribution in [2.75, 3.05) is 17.2 Å². The summed E-state index contributed by atoms with van der Waals surface area (Å²) < 4.78 is 0. The first-order valence-corrected chi connectivity index (χ1v) is 6.36. The molecule has 0 aliphatic heterocycles. The van der Waals surface area contributed by atoms with E-state index >= 15 is 0 Å². The van der Waals surface area contributed by atoms with E-state index in [1.54, 1.807) is 4.90 Å². The van der Waals surface area contributed by atoms with Crippen LogP contribution in [0.15, 0.2) is 48.5 Å². The highest BCUT2D eigenvalue weighted by Crippen LogP contribution is 2.20. The van der Waals surface area contributed by atoms with Crippen molar-refractivity contribution in [3.63, 3.8) is 0 Å². The number of carbonyl (C=O) groups excluding carboxylic acids is 1. The van der Waals surface area contributed by atoms with Crippen LogP contribution in [-0.2, 0) is 0 Å². The quantitative estimate of drug-likeness (QED) is 0.855. The summed E-state index contributed by atoms with van der Waals surface area (Å²) >= 11 is 0. The molecular formula is C16H18N2O. The molecule has 0 saturated carbocycles. The lowest BCUT2D eigenvalue weighted by atomic mass is 10.1. The molecule has 0 saturated heterocycles. The number of amides is 1. The molecule has 1 amide bonds. The number of aryl methyl sites for hydroxylation is 1. The van der Waals surface area contributed by atoms with Gasteiger partial charge in [0.1, 0.15) is 0 Å². The molecule has 0 fully saturated rings. The Hall–Kier alpha value is -2.29. The highest BCUT2D eigenvalue weighted by Gasteiger charge is 2.17. The standard InChI is InChI=1S/C16H18N2O/c1-3-18(14-10-8-13(17)9-11-14)16(19)15-7-5-4-6-12(15)2/h4-11H,3,17H2,1-2H3. The van der Waals surface area contributed by atoms with Crippen molar-refractivity contribution < 1.29 is 4.79 Å². The second kappa shape index (κ2) is 5.57. The van der Waals surface area contributed by atoms with E-state index < -0.39 is 0 Å². The Morgan fingerprint density at radius 2 is 1.74 bits per heavy atom. The van der Waals surface area contributed by atoms with Crippen LogP contribution < -0.4 is 10.6 Å². The first-order chi connectivity index (χ1) is 9.13. The van der Waals surface area contributed by atoms with E-state index in [-0.39, 0.29) is 5.91 Å². The second-order valence-electron chi connectivity index (χ2n) is 4.46. The molecule has 3 nitrogen and oxygen atoms in total. The summed E-state index contributed by atoms with van der Waals surface area (Å²) in [5.41, 5.74) is 8.96. The predicted octanol–water partition coefficient (Wildman–Crippen LogP) is 3.24. The van der Waals surface area contributed by atoms with Crippen LogP contribution in [0.5, 0.6) is 0 Å². The fourth-order valence-electron chi connectivity index (χ4n) is 2.06. The third-order valence-corrected chi connectivity index (χ3v) is 3.14. The van der Waals surface area contributed by atoms with Crippen molar-refractivity contribution in [2.24, 2.45) is 0 Å². The number of nitrogens with two attached hydrogens (primary N) is 1. The van der Waals surface area contributed by atoms with Crippen molar-refractivity contribution in [1.82, 2.24) is 0 Å². The molecule has 0 spiro atoms. The van der Waals surface area contributed by atoms with E-state index in [0.29, 0.717) is 12.2 Å². The first-order valence-electron chi connectivity index (χ1n) is 6.36. The van der Waals surface area contributed by atoms with Gasteiger partial charge in [-0.3, -0.25) is 4.79 Å². The maximum absolute atomic E-state index is 12.6. The topological polar surface area (TPSA) is 46.3 Å². The highest BCUT2D eigenvalue weighted by atomic mass is 16.2. The van der Waals surface area contributed by atoms with Crippen LogP contribution in [0.4, 0.5) is 11.4 Å².